The van der Waals surface area contributed by atoms with Crippen LogP contribution in [0.5, 0.6) is 0 Å². The summed E-state index contributed by atoms with van der Waals surface area (Å²) < 4.78 is 0. The molecule has 0 amide bonds. The maximum atomic E-state index is 11.0. The largest absolute Gasteiger partial charge is 0.399 e. The van der Waals surface area contributed by atoms with E-state index in [1.807, 2.05) is 12.1 Å². The number of piperidine rings is 2. The Hall–Kier alpha value is -2.64. The van der Waals surface area contributed by atoms with Gasteiger partial charge in [0.2, 0.25) is 0 Å². The van der Waals surface area contributed by atoms with Crippen LogP contribution in [0, 0.1) is 0 Å². The number of nitrogens with zero attached hydrogens (tertiary/aromatic N) is 2. The first-order valence-corrected chi connectivity index (χ1v) is 13.3. The Morgan fingerprint density at radius 2 is 1.11 bits per heavy atom. The van der Waals surface area contributed by atoms with Gasteiger partial charge in [0.1, 0.15) is 0 Å². The number of benzene rings is 3. The second-order valence-electron chi connectivity index (χ2n) is 13.2. The van der Waals surface area contributed by atoms with Crippen LogP contribution in [0.4, 0.5) is 11.4 Å². The van der Waals surface area contributed by atoms with Crippen LogP contribution in [0.25, 0.3) is 32.7 Å². The second-order valence-corrected chi connectivity index (χ2v) is 13.2. The SMILES string of the molecule is CC1C/C(=c2/c3ccc(N)cc3c(=C3CC(C)(C)N(O)C(C)(C)C3)c3ccc(N)cc23)CC(C)(C)N1O. The molecule has 2 heterocycles. The Morgan fingerprint density at radius 1 is 0.676 bits per heavy atom. The van der Waals surface area contributed by atoms with E-state index in [0.29, 0.717) is 0 Å². The first kappa shape index (κ1) is 26.0. The predicted octanol–water partition coefficient (Wildman–Crippen LogP) is 5.15. The van der Waals surface area contributed by atoms with Crippen LogP contribution in [0.15, 0.2) is 36.4 Å². The fraction of sp³-hybridized carbons (Fsp3) is 0.484. The number of rotatable bonds is 0. The third kappa shape index (κ3) is 4.20. The summed E-state index contributed by atoms with van der Waals surface area (Å²) in [6.45, 7) is 14.7. The molecule has 6 nitrogen and oxygen atoms in total. The van der Waals surface area contributed by atoms with E-state index in [-0.39, 0.29) is 11.6 Å². The highest BCUT2D eigenvalue weighted by Crippen LogP contribution is 2.41. The molecule has 37 heavy (non-hydrogen) atoms. The zero-order valence-corrected chi connectivity index (χ0v) is 23.3. The predicted molar refractivity (Wildman–Crippen MR) is 154 cm³/mol. The zero-order chi connectivity index (χ0) is 27.1. The molecule has 5 rings (SSSR count). The summed E-state index contributed by atoms with van der Waals surface area (Å²) in [6.07, 6.45) is 3.02. The Morgan fingerprint density at radius 3 is 1.57 bits per heavy atom. The molecule has 198 valence electrons. The van der Waals surface area contributed by atoms with Gasteiger partial charge >= 0.3 is 0 Å². The minimum absolute atomic E-state index is 0.00298. The molecule has 1 atom stereocenters. The molecule has 0 spiro atoms. The molecule has 3 aromatic rings. The first-order chi connectivity index (χ1) is 17.1. The number of hydroxylamine groups is 4. The molecule has 3 aromatic carbocycles. The van der Waals surface area contributed by atoms with E-state index in [1.54, 1.807) is 0 Å². The van der Waals surface area contributed by atoms with Gasteiger partial charge in [-0.3, -0.25) is 0 Å². The van der Waals surface area contributed by atoms with E-state index >= 15 is 0 Å². The van der Waals surface area contributed by atoms with E-state index in [2.05, 4.69) is 72.7 Å². The first-order valence-electron chi connectivity index (χ1n) is 13.3. The molecule has 6 N–H and O–H groups in total. The molecule has 1 unspecified atom stereocenters. The lowest BCUT2D eigenvalue weighted by Crippen LogP contribution is -2.57. The van der Waals surface area contributed by atoms with Crippen molar-refractivity contribution in [3.8, 4) is 0 Å². The van der Waals surface area contributed by atoms with Gasteiger partial charge in [-0.25, -0.2) is 0 Å². The standard InChI is InChI=1S/C31H42N4O2/c1-18-12-19(15-29(2,3)34(18)36)27-23-10-8-22(33)14-26(23)28(24-11-9-21(32)13-25(24)27)20-16-30(4,5)35(37)31(6,7)17-20/h8-11,13-14,18,36-37H,12,15-17,32-33H2,1-7H3/b27-19+. The number of fused-ring (bicyclic) bond motifs is 2. The number of anilines is 2. The van der Waals surface area contributed by atoms with Crippen LogP contribution in [-0.4, -0.2) is 43.2 Å². The van der Waals surface area contributed by atoms with E-state index in [4.69, 9.17) is 11.5 Å². The van der Waals surface area contributed by atoms with Crippen molar-refractivity contribution in [3.63, 3.8) is 0 Å². The summed E-state index contributed by atoms with van der Waals surface area (Å²) >= 11 is 0. The van der Waals surface area contributed by atoms with Gasteiger partial charge < -0.3 is 21.9 Å². The quantitative estimate of drug-likeness (QED) is 0.251. The lowest BCUT2D eigenvalue weighted by molar-refractivity contribution is -0.228. The van der Waals surface area contributed by atoms with Crippen molar-refractivity contribution in [2.45, 2.75) is 96.8 Å². The van der Waals surface area contributed by atoms with E-state index < -0.39 is 11.1 Å². The topological polar surface area (TPSA) is 99.0 Å². The van der Waals surface area contributed by atoms with Crippen LogP contribution in [0.3, 0.4) is 0 Å². The molecule has 0 bridgehead atoms. The zero-order valence-electron chi connectivity index (χ0n) is 23.3. The highest BCUT2D eigenvalue weighted by molar-refractivity contribution is 6.04. The molecule has 0 radical (unpaired) electrons. The molecule has 2 aliphatic rings. The van der Waals surface area contributed by atoms with Crippen LogP contribution in [0.1, 0.15) is 74.1 Å². The molecular formula is C31H42N4O2. The minimum Gasteiger partial charge on any atom is -0.399 e. The smallest absolute Gasteiger partial charge is 0.0447 e. The maximum Gasteiger partial charge on any atom is 0.0447 e. The van der Waals surface area contributed by atoms with Gasteiger partial charge in [0, 0.05) is 34.0 Å². The van der Waals surface area contributed by atoms with Crippen LogP contribution in [-0.2, 0) is 0 Å². The number of nitrogen functional groups attached to an aromatic ring is 2. The van der Waals surface area contributed by atoms with Gasteiger partial charge in [0.15, 0.2) is 0 Å². The van der Waals surface area contributed by atoms with Crippen LogP contribution >= 0.6 is 0 Å². The van der Waals surface area contributed by atoms with Crippen molar-refractivity contribution in [2.75, 3.05) is 11.5 Å². The van der Waals surface area contributed by atoms with Crippen LogP contribution < -0.4 is 21.9 Å². The monoisotopic (exact) mass is 502 g/mol. The number of hydrogen-bond acceptors (Lipinski definition) is 6. The summed E-state index contributed by atoms with van der Waals surface area (Å²) in [5.41, 5.74) is 15.7. The number of hydrogen-bond donors (Lipinski definition) is 4. The van der Waals surface area contributed by atoms with E-state index in [0.717, 1.165) is 47.8 Å². The van der Waals surface area contributed by atoms with Crippen LogP contribution in [0.2, 0.25) is 0 Å². The lowest BCUT2D eigenvalue weighted by Gasteiger charge is -2.49. The summed E-state index contributed by atoms with van der Waals surface area (Å²) in [7, 11) is 0. The summed E-state index contributed by atoms with van der Waals surface area (Å²) in [6, 6.07) is 12.5. The second kappa shape index (κ2) is 8.43. The molecule has 0 saturated carbocycles. The number of nitrogens with two attached hydrogens (primary N) is 2. The van der Waals surface area contributed by atoms with Gasteiger partial charge in [-0.1, -0.05) is 23.3 Å². The van der Waals surface area contributed by atoms with Crippen molar-refractivity contribution in [3.05, 3.63) is 46.8 Å². The Labute approximate surface area is 219 Å². The highest BCUT2D eigenvalue weighted by atomic mass is 16.5. The van der Waals surface area contributed by atoms with Crippen molar-refractivity contribution < 1.29 is 10.4 Å². The fourth-order valence-corrected chi connectivity index (χ4v) is 7.18. The van der Waals surface area contributed by atoms with Gasteiger partial charge in [-0.05, 0) is 130 Å². The lowest BCUT2D eigenvalue weighted by atomic mass is 9.76. The third-order valence-corrected chi connectivity index (χ3v) is 8.54. The van der Waals surface area contributed by atoms with E-state index in [9.17, 15) is 10.4 Å². The molecule has 0 aliphatic carbocycles. The molecule has 2 saturated heterocycles. The minimum atomic E-state index is -0.412. The van der Waals surface area contributed by atoms with E-state index in [1.165, 1.54) is 42.5 Å². The summed E-state index contributed by atoms with van der Waals surface area (Å²) in [5, 5.41) is 31.8. The highest BCUT2D eigenvalue weighted by Gasteiger charge is 2.43. The van der Waals surface area contributed by atoms with Crippen molar-refractivity contribution in [1.29, 1.82) is 0 Å². The normalized spacial score (nSPS) is 25.6. The Balaban J connectivity index is 2.01. The molecule has 2 aliphatic heterocycles. The Kier molecular flexibility index (Phi) is 5.92. The average molecular weight is 503 g/mol. The Bertz CT molecular complexity index is 1520. The van der Waals surface area contributed by atoms with Crippen molar-refractivity contribution >= 4 is 44.1 Å². The molecule has 6 heteroatoms. The van der Waals surface area contributed by atoms with Gasteiger partial charge in [0.25, 0.3) is 0 Å². The van der Waals surface area contributed by atoms with Gasteiger partial charge in [-0.15, -0.1) is 0 Å². The summed E-state index contributed by atoms with van der Waals surface area (Å²) in [4.78, 5) is 0. The van der Waals surface area contributed by atoms with Gasteiger partial charge in [0.05, 0.1) is 0 Å². The molecular weight excluding hydrogens is 460 g/mol. The maximum absolute atomic E-state index is 11.0. The van der Waals surface area contributed by atoms with Gasteiger partial charge in [-0.2, -0.15) is 10.1 Å². The third-order valence-electron chi connectivity index (χ3n) is 8.54. The average Bonchev–Trinajstić information content (AvgIpc) is 2.78. The van der Waals surface area contributed by atoms with Crippen molar-refractivity contribution in [1.82, 2.24) is 10.1 Å². The molecule has 2 fully saturated rings. The molecule has 0 aromatic heterocycles. The fourth-order valence-electron chi connectivity index (χ4n) is 7.18. The van der Waals surface area contributed by atoms with Crippen molar-refractivity contribution in [2.24, 2.45) is 0 Å². The summed E-state index contributed by atoms with van der Waals surface area (Å²) in [5.74, 6) is 0.